The van der Waals surface area contributed by atoms with E-state index < -0.39 is 0 Å². The molecule has 0 amide bonds. The van der Waals surface area contributed by atoms with Crippen LogP contribution in [0, 0.1) is 5.92 Å². The first-order chi connectivity index (χ1) is 19.1. The molecule has 0 saturated heterocycles. The Bertz CT molecular complexity index is 1890. The monoisotopic (exact) mass is 510 g/mol. The first-order valence-electron chi connectivity index (χ1n) is 13.4. The van der Waals surface area contributed by atoms with Gasteiger partial charge in [-0.1, -0.05) is 55.1 Å². The molecule has 190 valence electrons. The molecule has 7 heteroatoms. The summed E-state index contributed by atoms with van der Waals surface area (Å²) >= 11 is 0. The molecule has 39 heavy (non-hydrogen) atoms. The number of benzene rings is 3. The van der Waals surface area contributed by atoms with Gasteiger partial charge in [0.05, 0.1) is 17.6 Å². The second-order valence-corrected chi connectivity index (χ2v) is 11.0. The maximum Gasteiger partial charge on any atom is 0.159 e. The highest BCUT2D eigenvalue weighted by Crippen LogP contribution is 2.60. The quantitative estimate of drug-likeness (QED) is 0.243. The smallest absolute Gasteiger partial charge is 0.159 e. The molecule has 6 heterocycles. The number of nitrogens with zero attached hydrogens (tertiary/aromatic N) is 6. The molecule has 5 aromatic rings. The Morgan fingerprint density at radius 2 is 1.72 bits per heavy atom. The van der Waals surface area contributed by atoms with Gasteiger partial charge in [-0.05, 0) is 23.3 Å². The number of aromatic nitrogens is 2. The Morgan fingerprint density at radius 1 is 0.872 bits per heavy atom. The van der Waals surface area contributed by atoms with Crippen molar-refractivity contribution in [3.63, 3.8) is 0 Å². The molecule has 3 aromatic carbocycles. The summed E-state index contributed by atoms with van der Waals surface area (Å²) in [4.78, 5) is 18.7. The lowest BCUT2D eigenvalue weighted by molar-refractivity contribution is 0.204. The van der Waals surface area contributed by atoms with E-state index in [0.29, 0.717) is 0 Å². The number of allylic oxidation sites excluding steroid dienone is 1. The molecular formula is C32H26N6O. The number of rotatable bonds is 0. The van der Waals surface area contributed by atoms with E-state index in [9.17, 15) is 0 Å². The van der Waals surface area contributed by atoms with Crippen molar-refractivity contribution in [2.45, 2.75) is 18.2 Å². The summed E-state index contributed by atoms with van der Waals surface area (Å²) in [6.07, 6.45) is 8.06. The average molecular weight is 511 g/mol. The SMILES string of the molecule is C=C1c2ccccc2N2c3cncnc3N(C)C2C2C1c1ccc3c(oc4ccccc43)c1N1C=CN(C)C21. The molecule has 2 aromatic heterocycles. The standard InChI is InChI=1S/C32H26N6O/c1-18-19-8-4-6-10-23(19)38-24-16-33-17-34-30(24)36(3)32(38)27-26(18)22-13-12-21-20-9-5-7-11-25(20)39-29(21)28(22)37-15-14-35(2)31(27)37/h4-17,26-27,31-32H,1H2,2-3H3. The molecule has 0 radical (unpaired) electrons. The number of para-hydroxylation sites is 2. The zero-order valence-corrected chi connectivity index (χ0v) is 21.7. The summed E-state index contributed by atoms with van der Waals surface area (Å²) in [5.74, 6) is 1.15. The van der Waals surface area contributed by atoms with Gasteiger partial charge in [-0.25, -0.2) is 9.97 Å². The van der Waals surface area contributed by atoms with Crippen molar-refractivity contribution in [3.05, 3.63) is 103 Å². The summed E-state index contributed by atoms with van der Waals surface area (Å²) in [6, 6.07) is 21.5. The van der Waals surface area contributed by atoms with Crippen LogP contribution in [-0.2, 0) is 0 Å². The molecule has 4 unspecified atom stereocenters. The van der Waals surface area contributed by atoms with Gasteiger partial charge in [-0.2, -0.15) is 0 Å². The lowest BCUT2D eigenvalue weighted by Crippen LogP contribution is -2.58. The van der Waals surface area contributed by atoms with Crippen molar-refractivity contribution >= 4 is 50.4 Å². The molecule has 4 aliphatic heterocycles. The van der Waals surface area contributed by atoms with Crippen LogP contribution in [0.15, 0.2) is 96.6 Å². The van der Waals surface area contributed by atoms with Crippen LogP contribution in [0.2, 0.25) is 0 Å². The van der Waals surface area contributed by atoms with E-state index in [2.05, 4.69) is 106 Å². The Hall–Kier alpha value is -4.78. The average Bonchev–Trinajstić information content (AvgIpc) is 3.61. The lowest BCUT2D eigenvalue weighted by Gasteiger charge is -2.50. The summed E-state index contributed by atoms with van der Waals surface area (Å²) in [7, 11) is 4.34. The minimum absolute atomic E-state index is 0.0106. The number of furan rings is 1. The van der Waals surface area contributed by atoms with Crippen LogP contribution in [0.4, 0.5) is 22.9 Å². The van der Waals surface area contributed by atoms with Crippen LogP contribution in [0.5, 0.6) is 0 Å². The Morgan fingerprint density at radius 3 is 2.64 bits per heavy atom. The largest absolute Gasteiger partial charge is 0.454 e. The van der Waals surface area contributed by atoms with Gasteiger partial charge in [0.2, 0.25) is 0 Å². The maximum atomic E-state index is 6.61. The first-order valence-corrected chi connectivity index (χ1v) is 13.4. The normalized spacial score (nSPS) is 24.4. The van der Waals surface area contributed by atoms with Crippen LogP contribution in [-0.4, -0.2) is 41.3 Å². The van der Waals surface area contributed by atoms with E-state index in [0.717, 1.165) is 56.0 Å². The van der Waals surface area contributed by atoms with Crippen LogP contribution in [0.25, 0.3) is 27.5 Å². The third-order valence-electron chi connectivity index (χ3n) is 9.20. The van der Waals surface area contributed by atoms with E-state index >= 15 is 0 Å². The van der Waals surface area contributed by atoms with Gasteiger partial charge >= 0.3 is 0 Å². The molecule has 0 N–H and O–H groups in total. The molecule has 7 nitrogen and oxygen atoms in total. The van der Waals surface area contributed by atoms with Crippen LogP contribution in [0.1, 0.15) is 17.0 Å². The van der Waals surface area contributed by atoms with Crippen molar-refractivity contribution in [2.75, 3.05) is 28.8 Å². The minimum Gasteiger partial charge on any atom is -0.454 e. The Kier molecular flexibility index (Phi) is 3.91. The van der Waals surface area contributed by atoms with Crippen molar-refractivity contribution in [1.29, 1.82) is 0 Å². The summed E-state index contributed by atoms with van der Waals surface area (Å²) in [5.41, 5.74) is 8.72. The van der Waals surface area contributed by atoms with Gasteiger partial charge < -0.3 is 24.0 Å². The molecule has 4 atom stereocenters. The minimum atomic E-state index is 0.0106. The van der Waals surface area contributed by atoms with E-state index in [1.165, 1.54) is 5.56 Å². The van der Waals surface area contributed by atoms with E-state index in [-0.39, 0.29) is 24.2 Å². The van der Waals surface area contributed by atoms with Crippen LogP contribution >= 0.6 is 0 Å². The summed E-state index contributed by atoms with van der Waals surface area (Å²) in [6.45, 7) is 4.80. The van der Waals surface area contributed by atoms with Crippen molar-refractivity contribution in [2.24, 2.45) is 5.92 Å². The Labute approximate surface area is 225 Å². The van der Waals surface area contributed by atoms with Gasteiger partial charge in [0.1, 0.15) is 29.9 Å². The maximum absolute atomic E-state index is 6.61. The van der Waals surface area contributed by atoms with Gasteiger partial charge in [-0.15, -0.1) is 0 Å². The second-order valence-electron chi connectivity index (χ2n) is 11.0. The highest BCUT2D eigenvalue weighted by Gasteiger charge is 2.56. The fraction of sp³-hybridized carbons (Fsp3) is 0.188. The zero-order valence-electron chi connectivity index (χ0n) is 21.7. The molecule has 9 rings (SSSR count). The van der Waals surface area contributed by atoms with Crippen LogP contribution < -0.4 is 14.7 Å². The van der Waals surface area contributed by atoms with Crippen molar-refractivity contribution in [3.8, 4) is 0 Å². The van der Waals surface area contributed by atoms with Crippen molar-refractivity contribution < 1.29 is 4.42 Å². The predicted molar refractivity (Wildman–Crippen MR) is 155 cm³/mol. The summed E-state index contributed by atoms with van der Waals surface area (Å²) in [5, 5.41) is 2.29. The van der Waals surface area contributed by atoms with E-state index in [4.69, 9.17) is 16.0 Å². The van der Waals surface area contributed by atoms with Crippen LogP contribution in [0.3, 0.4) is 0 Å². The fourth-order valence-corrected chi connectivity index (χ4v) is 7.67. The highest BCUT2D eigenvalue weighted by molar-refractivity contribution is 6.10. The van der Waals surface area contributed by atoms with Gasteiger partial charge in [0, 0.05) is 54.7 Å². The summed E-state index contributed by atoms with van der Waals surface area (Å²) < 4.78 is 6.61. The molecule has 0 spiro atoms. The molecular weight excluding hydrogens is 484 g/mol. The van der Waals surface area contributed by atoms with E-state index in [1.54, 1.807) is 6.33 Å². The number of fused-ring (bicyclic) bond motifs is 16. The topological polar surface area (TPSA) is 51.9 Å². The number of hydrogen-bond acceptors (Lipinski definition) is 7. The third kappa shape index (κ3) is 2.48. The zero-order chi connectivity index (χ0) is 26.0. The molecule has 0 bridgehead atoms. The highest BCUT2D eigenvalue weighted by atomic mass is 16.3. The first kappa shape index (κ1) is 21.2. The Balaban J connectivity index is 1.38. The second kappa shape index (κ2) is 7.20. The lowest BCUT2D eigenvalue weighted by atomic mass is 9.72. The van der Waals surface area contributed by atoms with Gasteiger partial charge in [0.25, 0.3) is 0 Å². The molecule has 4 aliphatic rings. The molecule has 0 saturated carbocycles. The van der Waals surface area contributed by atoms with Gasteiger partial charge in [0.15, 0.2) is 11.4 Å². The third-order valence-corrected chi connectivity index (χ3v) is 9.20. The van der Waals surface area contributed by atoms with Crippen molar-refractivity contribution in [1.82, 2.24) is 14.9 Å². The predicted octanol–water partition coefficient (Wildman–Crippen LogP) is 6.28. The van der Waals surface area contributed by atoms with E-state index in [1.807, 2.05) is 12.3 Å². The molecule has 0 aliphatic carbocycles. The number of anilines is 4. The molecule has 0 fully saturated rings. The fourth-order valence-electron chi connectivity index (χ4n) is 7.67. The van der Waals surface area contributed by atoms with Gasteiger partial charge in [-0.3, -0.25) is 0 Å². The number of hydrogen-bond donors (Lipinski definition) is 0.